The highest BCUT2D eigenvalue weighted by Crippen LogP contribution is 2.42. The van der Waals surface area contributed by atoms with E-state index in [1.54, 1.807) is 18.3 Å². The summed E-state index contributed by atoms with van der Waals surface area (Å²) < 4.78 is 1.05. The highest BCUT2D eigenvalue weighted by atomic mass is 79.9. The minimum absolute atomic E-state index is 0.389. The molecule has 1 heterocycles. The van der Waals surface area contributed by atoms with Crippen LogP contribution < -0.4 is 0 Å². The minimum Gasteiger partial charge on any atom is -0.481 e. The van der Waals surface area contributed by atoms with Crippen LogP contribution in [0.3, 0.4) is 0 Å². The average Bonchev–Trinajstić information content (AvgIpc) is 2.68. The van der Waals surface area contributed by atoms with Gasteiger partial charge in [0.15, 0.2) is 0 Å². The van der Waals surface area contributed by atoms with Crippen LogP contribution in [0.1, 0.15) is 34.6 Å². The van der Waals surface area contributed by atoms with Crippen molar-refractivity contribution in [3.63, 3.8) is 0 Å². The van der Waals surface area contributed by atoms with Crippen molar-refractivity contribution in [3.05, 3.63) is 19.8 Å². The van der Waals surface area contributed by atoms with Gasteiger partial charge in [0, 0.05) is 14.2 Å². The standard InChI is InChI=1S/C10H11BrO2S/c1-5(10(12)13)9-8(11)6-3-2-4-7(6)14-9/h5H,2-4H2,1H3,(H,12,13). The topological polar surface area (TPSA) is 37.3 Å². The molecular weight excluding hydrogens is 264 g/mol. The van der Waals surface area contributed by atoms with Gasteiger partial charge in [-0.3, -0.25) is 4.79 Å². The third kappa shape index (κ3) is 1.50. The van der Waals surface area contributed by atoms with Gasteiger partial charge in [0.25, 0.3) is 0 Å². The van der Waals surface area contributed by atoms with Gasteiger partial charge < -0.3 is 5.11 Å². The molecule has 1 N–H and O–H groups in total. The number of aliphatic carboxylic acids is 1. The lowest BCUT2D eigenvalue weighted by Crippen LogP contribution is -2.06. The number of rotatable bonds is 2. The molecule has 4 heteroatoms. The zero-order valence-electron chi connectivity index (χ0n) is 7.84. The summed E-state index contributed by atoms with van der Waals surface area (Å²) in [5.74, 6) is -1.13. The molecule has 1 aliphatic carbocycles. The summed E-state index contributed by atoms with van der Waals surface area (Å²) in [6.07, 6.45) is 3.42. The zero-order valence-corrected chi connectivity index (χ0v) is 10.2. The minimum atomic E-state index is -0.745. The van der Waals surface area contributed by atoms with E-state index in [1.807, 2.05) is 0 Å². The third-order valence-electron chi connectivity index (χ3n) is 2.65. The Hall–Kier alpha value is -0.350. The Balaban J connectivity index is 2.41. The molecular formula is C10H11BrO2S. The fourth-order valence-electron chi connectivity index (χ4n) is 1.78. The molecule has 0 bridgehead atoms. The van der Waals surface area contributed by atoms with Gasteiger partial charge >= 0.3 is 5.97 Å². The zero-order chi connectivity index (χ0) is 10.3. The molecule has 0 fully saturated rings. The average molecular weight is 275 g/mol. The predicted molar refractivity (Wildman–Crippen MR) is 60.1 cm³/mol. The summed E-state index contributed by atoms with van der Waals surface area (Å²) in [4.78, 5) is 13.2. The van der Waals surface area contributed by atoms with Crippen molar-refractivity contribution in [2.24, 2.45) is 0 Å². The maximum atomic E-state index is 10.9. The largest absolute Gasteiger partial charge is 0.481 e. The molecule has 0 saturated heterocycles. The SMILES string of the molecule is CC(C(=O)O)c1sc2c(c1Br)CCC2. The summed E-state index contributed by atoms with van der Waals surface area (Å²) in [5.41, 5.74) is 1.35. The molecule has 0 aromatic carbocycles. The van der Waals surface area contributed by atoms with Crippen molar-refractivity contribution in [2.45, 2.75) is 32.1 Å². The first kappa shape index (κ1) is 10.2. The molecule has 76 valence electrons. The quantitative estimate of drug-likeness (QED) is 0.900. The number of carbonyl (C=O) groups is 1. The molecule has 14 heavy (non-hydrogen) atoms. The Labute approximate surface area is 95.1 Å². The molecule has 2 nitrogen and oxygen atoms in total. The number of halogens is 1. The first-order valence-electron chi connectivity index (χ1n) is 4.64. The van der Waals surface area contributed by atoms with Gasteiger partial charge in [-0.2, -0.15) is 0 Å². The van der Waals surface area contributed by atoms with E-state index in [4.69, 9.17) is 5.11 Å². The molecule has 1 atom stereocenters. The fraction of sp³-hybridized carbons (Fsp3) is 0.500. The van der Waals surface area contributed by atoms with Crippen LogP contribution in [0.4, 0.5) is 0 Å². The van der Waals surface area contributed by atoms with Gasteiger partial charge in [-0.1, -0.05) is 0 Å². The number of thiophene rings is 1. The van der Waals surface area contributed by atoms with E-state index in [2.05, 4.69) is 15.9 Å². The fourth-order valence-corrected chi connectivity index (χ4v) is 4.26. The Kier molecular flexibility index (Phi) is 2.66. The lowest BCUT2D eigenvalue weighted by Gasteiger charge is -2.04. The number of carboxylic acids is 1. The normalized spacial score (nSPS) is 16.7. The Morgan fingerprint density at radius 2 is 2.29 bits per heavy atom. The van der Waals surface area contributed by atoms with E-state index >= 15 is 0 Å². The molecule has 1 aromatic heterocycles. The van der Waals surface area contributed by atoms with E-state index in [9.17, 15) is 4.79 Å². The monoisotopic (exact) mass is 274 g/mol. The van der Waals surface area contributed by atoms with Crippen LogP contribution >= 0.6 is 27.3 Å². The molecule has 2 rings (SSSR count). The Morgan fingerprint density at radius 3 is 2.86 bits per heavy atom. The van der Waals surface area contributed by atoms with Crippen LogP contribution in [0.15, 0.2) is 4.47 Å². The molecule has 1 aromatic rings. The van der Waals surface area contributed by atoms with E-state index in [-0.39, 0.29) is 5.92 Å². The van der Waals surface area contributed by atoms with Crippen LogP contribution in [0.25, 0.3) is 0 Å². The predicted octanol–water partition coefficient (Wildman–Crippen LogP) is 3.19. The lowest BCUT2D eigenvalue weighted by molar-refractivity contribution is -0.138. The number of carboxylic acid groups (broad SMARTS) is 1. The van der Waals surface area contributed by atoms with Gasteiger partial charge in [0.05, 0.1) is 5.92 Å². The van der Waals surface area contributed by atoms with Crippen molar-refractivity contribution in [2.75, 3.05) is 0 Å². The molecule has 0 spiro atoms. The van der Waals surface area contributed by atoms with Crippen molar-refractivity contribution in [1.29, 1.82) is 0 Å². The van der Waals surface area contributed by atoms with Gasteiger partial charge in [-0.05, 0) is 47.7 Å². The third-order valence-corrected chi connectivity index (χ3v) is 5.29. The maximum Gasteiger partial charge on any atom is 0.311 e. The van der Waals surface area contributed by atoms with E-state index in [0.29, 0.717) is 0 Å². The smallest absolute Gasteiger partial charge is 0.311 e. The molecule has 0 saturated carbocycles. The maximum absolute atomic E-state index is 10.9. The molecule has 1 unspecified atom stereocenters. The highest BCUT2D eigenvalue weighted by Gasteiger charge is 2.26. The van der Waals surface area contributed by atoms with Crippen molar-refractivity contribution >= 4 is 33.2 Å². The first-order chi connectivity index (χ1) is 6.61. The van der Waals surface area contributed by atoms with Crippen molar-refractivity contribution < 1.29 is 9.90 Å². The van der Waals surface area contributed by atoms with Gasteiger partial charge in [-0.15, -0.1) is 11.3 Å². The molecule has 0 radical (unpaired) electrons. The van der Waals surface area contributed by atoms with Gasteiger partial charge in [0.2, 0.25) is 0 Å². The Morgan fingerprint density at radius 1 is 1.57 bits per heavy atom. The highest BCUT2D eigenvalue weighted by molar-refractivity contribution is 9.10. The second-order valence-electron chi connectivity index (χ2n) is 3.60. The second kappa shape index (κ2) is 3.66. The number of aryl methyl sites for hydroxylation is 1. The summed E-state index contributed by atoms with van der Waals surface area (Å²) in [6.45, 7) is 1.74. The molecule has 0 aliphatic heterocycles. The van der Waals surface area contributed by atoms with Gasteiger partial charge in [-0.25, -0.2) is 0 Å². The Bertz CT molecular complexity index is 384. The van der Waals surface area contributed by atoms with Crippen LogP contribution in [0.5, 0.6) is 0 Å². The molecule has 1 aliphatic rings. The van der Waals surface area contributed by atoms with E-state index < -0.39 is 5.97 Å². The van der Waals surface area contributed by atoms with Crippen LogP contribution in [-0.4, -0.2) is 11.1 Å². The summed E-state index contributed by atoms with van der Waals surface area (Å²) in [5, 5.41) is 8.94. The lowest BCUT2D eigenvalue weighted by atomic mass is 10.1. The number of hydrogen-bond donors (Lipinski definition) is 1. The van der Waals surface area contributed by atoms with Crippen LogP contribution in [0, 0.1) is 0 Å². The van der Waals surface area contributed by atoms with Crippen LogP contribution in [-0.2, 0) is 17.6 Å². The van der Waals surface area contributed by atoms with E-state index in [1.165, 1.54) is 16.9 Å². The van der Waals surface area contributed by atoms with E-state index in [0.717, 1.165) is 22.2 Å². The first-order valence-corrected chi connectivity index (χ1v) is 6.25. The summed E-state index contributed by atoms with van der Waals surface area (Å²) >= 11 is 5.18. The van der Waals surface area contributed by atoms with Crippen molar-refractivity contribution in [1.82, 2.24) is 0 Å². The second-order valence-corrected chi connectivity index (χ2v) is 5.53. The summed E-state index contributed by atoms with van der Waals surface area (Å²) in [6, 6.07) is 0. The number of fused-ring (bicyclic) bond motifs is 1. The summed E-state index contributed by atoms with van der Waals surface area (Å²) in [7, 11) is 0. The van der Waals surface area contributed by atoms with Crippen LogP contribution in [0.2, 0.25) is 0 Å². The van der Waals surface area contributed by atoms with Gasteiger partial charge in [0.1, 0.15) is 0 Å². The number of hydrogen-bond acceptors (Lipinski definition) is 2. The van der Waals surface area contributed by atoms with Crippen molar-refractivity contribution in [3.8, 4) is 0 Å². The molecule has 0 amide bonds.